The van der Waals surface area contributed by atoms with Gasteiger partial charge in [0.1, 0.15) is 10.7 Å². The van der Waals surface area contributed by atoms with Gasteiger partial charge in [-0.2, -0.15) is 0 Å². The lowest BCUT2D eigenvalue weighted by atomic mass is 10.1. The van der Waals surface area contributed by atoms with Crippen LogP contribution in [-0.2, 0) is 17.8 Å². The predicted molar refractivity (Wildman–Crippen MR) is 98.2 cm³/mol. The molecule has 1 fully saturated rings. The van der Waals surface area contributed by atoms with Crippen molar-refractivity contribution >= 4 is 23.4 Å². The van der Waals surface area contributed by atoms with Crippen LogP contribution in [0.1, 0.15) is 33.3 Å². The van der Waals surface area contributed by atoms with E-state index in [1.54, 1.807) is 12.1 Å². The van der Waals surface area contributed by atoms with Crippen LogP contribution in [0.3, 0.4) is 0 Å². The summed E-state index contributed by atoms with van der Waals surface area (Å²) < 4.78 is 6.99. The van der Waals surface area contributed by atoms with Crippen molar-refractivity contribution in [3.05, 3.63) is 56.7 Å². The Morgan fingerprint density at radius 3 is 2.93 bits per heavy atom. The third kappa shape index (κ3) is 3.02. The van der Waals surface area contributed by atoms with E-state index in [0.717, 1.165) is 0 Å². The zero-order chi connectivity index (χ0) is 20.0. The molecule has 2 aromatic heterocycles. The molecule has 2 atom stereocenters. The monoisotopic (exact) mass is 404 g/mol. The Morgan fingerprint density at radius 2 is 2.21 bits per heavy atom. The molecule has 0 saturated carbocycles. The van der Waals surface area contributed by atoms with Crippen LogP contribution in [0.2, 0.25) is 5.15 Å². The van der Waals surface area contributed by atoms with Gasteiger partial charge < -0.3 is 24.6 Å². The maximum absolute atomic E-state index is 12.7. The largest absolute Gasteiger partial charge is 0.503 e. The van der Waals surface area contributed by atoms with Gasteiger partial charge in [-0.15, -0.1) is 0 Å². The number of carbonyl (C=O) groups excluding carboxylic acids is 2. The van der Waals surface area contributed by atoms with Gasteiger partial charge >= 0.3 is 0 Å². The van der Waals surface area contributed by atoms with Crippen molar-refractivity contribution in [2.24, 2.45) is 0 Å². The Labute approximate surface area is 164 Å². The van der Waals surface area contributed by atoms with Gasteiger partial charge in [-0.25, -0.2) is 4.98 Å². The number of amides is 2. The minimum Gasteiger partial charge on any atom is -0.503 e. The lowest BCUT2D eigenvalue weighted by molar-refractivity contribution is 0.00624. The van der Waals surface area contributed by atoms with Gasteiger partial charge in [-0.1, -0.05) is 17.7 Å². The van der Waals surface area contributed by atoms with E-state index >= 15 is 0 Å². The smallest absolute Gasteiger partial charge is 0.276 e. The molecule has 1 saturated heterocycles. The number of hydrogen-bond acceptors (Lipinski definition) is 6. The molecule has 2 N–H and O–H groups in total. The summed E-state index contributed by atoms with van der Waals surface area (Å²) in [5, 5.41) is 13.3. The fourth-order valence-corrected chi connectivity index (χ4v) is 3.54. The number of halogens is 1. The fraction of sp³-hybridized carbons (Fsp3) is 0.333. The molecule has 2 aliphatic heterocycles. The zero-order valence-corrected chi connectivity index (χ0v) is 15.6. The van der Waals surface area contributed by atoms with E-state index < -0.39 is 29.2 Å². The van der Waals surface area contributed by atoms with Crippen LogP contribution in [0.15, 0.2) is 29.3 Å². The number of pyridine rings is 2. The Hall–Kier alpha value is -2.91. The van der Waals surface area contributed by atoms with E-state index in [4.69, 9.17) is 16.3 Å². The molecular formula is C18H17ClN4O5. The Balaban J connectivity index is 1.62. The van der Waals surface area contributed by atoms with Gasteiger partial charge in [-0.05, 0) is 18.6 Å². The predicted octanol–water partition coefficient (Wildman–Crippen LogP) is 0.733. The number of nitrogens with zero attached hydrogens (tertiary/aromatic N) is 3. The summed E-state index contributed by atoms with van der Waals surface area (Å²) in [7, 11) is 0. The molecule has 4 heterocycles. The summed E-state index contributed by atoms with van der Waals surface area (Å²) >= 11 is 5.72. The second kappa shape index (κ2) is 6.92. The summed E-state index contributed by atoms with van der Waals surface area (Å²) in [6.45, 7) is 2.55. The maximum atomic E-state index is 12.7. The van der Waals surface area contributed by atoms with Crippen molar-refractivity contribution in [3.8, 4) is 5.75 Å². The first-order valence-electron chi connectivity index (χ1n) is 8.66. The van der Waals surface area contributed by atoms with Crippen molar-refractivity contribution in [1.82, 2.24) is 19.8 Å². The van der Waals surface area contributed by atoms with Crippen LogP contribution in [0.25, 0.3) is 0 Å². The maximum Gasteiger partial charge on any atom is 0.276 e. The van der Waals surface area contributed by atoms with Gasteiger partial charge in [0, 0.05) is 18.9 Å². The number of aromatic nitrogens is 2. The van der Waals surface area contributed by atoms with Crippen molar-refractivity contribution in [1.29, 1.82) is 0 Å². The SMILES string of the molecule is C[C@H]1CO[C@@H]2Cn3cc(C(=O)NCc4ccc(Cl)nc4)c(=O)c(O)c3C(=O)N12. The second-order valence-corrected chi connectivity index (χ2v) is 7.13. The van der Waals surface area contributed by atoms with E-state index in [0.29, 0.717) is 17.3 Å². The van der Waals surface area contributed by atoms with Gasteiger partial charge in [0.25, 0.3) is 11.8 Å². The molecule has 0 bridgehead atoms. The molecular weight excluding hydrogens is 388 g/mol. The van der Waals surface area contributed by atoms with Gasteiger partial charge in [0.15, 0.2) is 17.7 Å². The number of rotatable bonds is 3. The van der Waals surface area contributed by atoms with Gasteiger partial charge in [0.2, 0.25) is 5.43 Å². The molecule has 0 spiro atoms. The molecule has 4 rings (SSSR count). The molecule has 10 heteroatoms. The molecule has 0 unspecified atom stereocenters. The highest BCUT2D eigenvalue weighted by Crippen LogP contribution is 2.29. The summed E-state index contributed by atoms with van der Waals surface area (Å²) in [4.78, 5) is 43.1. The van der Waals surface area contributed by atoms with Crippen LogP contribution < -0.4 is 10.7 Å². The first-order valence-corrected chi connectivity index (χ1v) is 9.04. The highest BCUT2D eigenvalue weighted by Gasteiger charge is 2.42. The zero-order valence-electron chi connectivity index (χ0n) is 14.9. The third-order valence-corrected chi connectivity index (χ3v) is 5.07. The number of carbonyl (C=O) groups is 2. The minimum absolute atomic E-state index is 0.126. The van der Waals surface area contributed by atoms with E-state index in [-0.39, 0.29) is 30.4 Å². The number of nitrogens with one attached hydrogen (secondary N) is 1. The van der Waals surface area contributed by atoms with Crippen LogP contribution in [-0.4, -0.2) is 50.2 Å². The van der Waals surface area contributed by atoms with Crippen molar-refractivity contribution in [2.45, 2.75) is 32.3 Å². The highest BCUT2D eigenvalue weighted by molar-refractivity contribution is 6.29. The van der Waals surface area contributed by atoms with Crippen LogP contribution in [0, 0.1) is 0 Å². The molecule has 0 radical (unpaired) electrons. The Kier molecular flexibility index (Phi) is 4.56. The standard InChI is InChI=1S/C18H17ClN4O5/c1-9-8-28-13-7-22-6-11(15(24)16(25)14(22)18(27)23(9)13)17(26)21-5-10-2-3-12(19)20-4-10/h2-4,6,9,13,25H,5,7-8H2,1H3,(H,21,26)/t9-,13+/m0/s1. The van der Waals surface area contributed by atoms with Crippen molar-refractivity contribution in [2.75, 3.05) is 6.61 Å². The first kappa shape index (κ1) is 18.5. The summed E-state index contributed by atoms with van der Waals surface area (Å²) in [6, 6.07) is 3.12. The molecule has 146 valence electrons. The van der Waals surface area contributed by atoms with Crippen LogP contribution in [0.5, 0.6) is 5.75 Å². The lowest BCUT2D eigenvalue weighted by Gasteiger charge is -2.33. The molecule has 2 aliphatic rings. The topological polar surface area (TPSA) is 114 Å². The number of aromatic hydroxyl groups is 1. The van der Waals surface area contributed by atoms with Crippen molar-refractivity contribution in [3.63, 3.8) is 0 Å². The van der Waals surface area contributed by atoms with E-state index in [1.807, 2.05) is 6.92 Å². The van der Waals surface area contributed by atoms with Gasteiger partial charge in [-0.3, -0.25) is 14.4 Å². The average Bonchev–Trinajstić information content (AvgIpc) is 3.04. The number of ether oxygens (including phenoxy) is 1. The number of hydrogen-bond donors (Lipinski definition) is 2. The molecule has 0 aromatic carbocycles. The van der Waals surface area contributed by atoms with Crippen molar-refractivity contribution < 1.29 is 19.4 Å². The first-order chi connectivity index (χ1) is 13.4. The van der Waals surface area contributed by atoms with E-state index in [2.05, 4.69) is 10.3 Å². The quantitative estimate of drug-likeness (QED) is 0.729. The lowest BCUT2D eigenvalue weighted by Crippen LogP contribution is -2.49. The minimum atomic E-state index is -0.891. The summed E-state index contributed by atoms with van der Waals surface area (Å²) in [5.41, 5.74) is -0.579. The second-order valence-electron chi connectivity index (χ2n) is 6.74. The highest BCUT2D eigenvalue weighted by atomic mass is 35.5. The summed E-state index contributed by atoms with van der Waals surface area (Å²) in [5.74, 6) is -1.89. The Morgan fingerprint density at radius 1 is 1.43 bits per heavy atom. The molecule has 2 aromatic rings. The van der Waals surface area contributed by atoms with Gasteiger partial charge in [0.05, 0.1) is 19.2 Å². The fourth-order valence-electron chi connectivity index (χ4n) is 3.43. The molecule has 2 amide bonds. The molecule has 9 nitrogen and oxygen atoms in total. The van der Waals surface area contributed by atoms with Crippen LogP contribution in [0.4, 0.5) is 0 Å². The summed E-state index contributed by atoms with van der Waals surface area (Å²) in [6.07, 6.45) is 2.30. The normalized spacial score (nSPS) is 20.6. The third-order valence-electron chi connectivity index (χ3n) is 4.85. The van der Waals surface area contributed by atoms with E-state index in [9.17, 15) is 19.5 Å². The van der Waals surface area contributed by atoms with Crippen LogP contribution >= 0.6 is 11.6 Å². The average molecular weight is 405 g/mol. The Bertz CT molecular complexity index is 1020. The van der Waals surface area contributed by atoms with E-state index in [1.165, 1.54) is 21.9 Å². The molecule has 28 heavy (non-hydrogen) atoms. The number of fused-ring (bicyclic) bond motifs is 2. The molecule has 0 aliphatic carbocycles.